The Hall–Kier alpha value is -2.20. The molecule has 0 aromatic heterocycles. The first kappa shape index (κ1) is 13.2. The van der Waals surface area contributed by atoms with Crippen molar-refractivity contribution < 1.29 is 9.53 Å². The number of ether oxygens (including phenoxy) is 1. The first-order chi connectivity index (χ1) is 9.11. The Morgan fingerprint density at radius 2 is 2.00 bits per heavy atom. The van der Waals surface area contributed by atoms with Crippen LogP contribution in [-0.2, 0) is 0 Å². The van der Waals surface area contributed by atoms with Crippen LogP contribution in [0.25, 0.3) is 0 Å². The lowest BCUT2D eigenvalue weighted by molar-refractivity contribution is 0.102. The van der Waals surface area contributed by atoms with E-state index in [2.05, 4.69) is 5.32 Å². The lowest BCUT2D eigenvalue weighted by atomic mass is 10.1. The van der Waals surface area contributed by atoms with Crippen LogP contribution in [0.15, 0.2) is 42.5 Å². The minimum atomic E-state index is -0.312. The van der Waals surface area contributed by atoms with Crippen molar-refractivity contribution in [3.63, 3.8) is 0 Å². The lowest BCUT2D eigenvalue weighted by Gasteiger charge is -2.09. The fraction of sp³-hybridized carbons (Fsp3) is 0.0714. The van der Waals surface area contributed by atoms with Crippen molar-refractivity contribution in [2.75, 3.05) is 18.2 Å². The molecule has 4 nitrogen and oxygen atoms in total. The molecule has 0 fully saturated rings. The SMILES string of the molecule is COc1ccc(C(=O)Nc2ccccc2Cl)c(N)c1. The molecule has 0 saturated heterocycles. The van der Waals surface area contributed by atoms with Gasteiger partial charge in [-0.15, -0.1) is 0 Å². The van der Waals surface area contributed by atoms with Crippen LogP contribution in [0.1, 0.15) is 10.4 Å². The highest BCUT2D eigenvalue weighted by molar-refractivity contribution is 6.34. The quantitative estimate of drug-likeness (QED) is 0.846. The van der Waals surface area contributed by atoms with Crippen LogP contribution in [0.5, 0.6) is 5.75 Å². The molecule has 0 aliphatic heterocycles. The van der Waals surface area contributed by atoms with E-state index in [4.69, 9.17) is 22.1 Å². The summed E-state index contributed by atoms with van der Waals surface area (Å²) in [6.07, 6.45) is 0. The van der Waals surface area contributed by atoms with Gasteiger partial charge in [-0.05, 0) is 24.3 Å². The second-order valence-corrected chi connectivity index (χ2v) is 4.29. The molecular formula is C14H13ClN2O2. The topological polar surface area (TPSA) is 64.3 Å². The molecule has 0 radical (unpaired) electrons. The minimum absolute atomic E-state index is 0.312. The molecule has 0 heterocycles. The average Bonchev–Trinajstić information content (AvgIpc) is 2.41. The van der Waals surface area contributed by atoms with Crippen LogP contribution in [0.4, 0.5) is 11.4 Å². The Bertz CT molecular complexity index is 614. The zero-order valence-electron chi connectivity index (χ0n) is 10.3. The molecule has 0 unspecified atom stereocenters. The predicted octanol–water partition coefficient (Wildman–Crippen LogP) is 3.18. The predicted molar refractivity (Wildman–Crippen MR) is 76.8 cm³/mol. The van der Waals surface area contributed by atoms with Crippen molar-refractivity contribution in [2.24, 2.45) is 0 Å². The summed E-state index contributed by atoms with van der Waals surface area (Å²) in [5, 5.41) is 3.19. The van der Waals surface area contributed by atoms with Crippen LogP contribution < -0.4 is 15.8 Å². The number of nitrogen functional groups attached to an aromatic ring is 1. The molecule has 0 spiro atoms. The normalized spacial score (nSPS) is 10.0. The highest BCUT2D eigenvalue weighted by Crippen LogP contribution is 2.24. The van der Waals surface area contributed by atoms with Crippen molar-refractivity contribution in [2.45, 2.75) is 0 Å². The molecule has 98 valence electrons. The third-order valence-corrected chi connectivity index (χ3v) is 2.96. The molecule has 0 aliphatic rings. The molecule has 0 atom stereocenters. The van der Waals surface area contributed by atoms with E-state index < -0.39 is 0 Å². The maximum Gasteiger partial charge on any atom is 0.257 e. The van der Waals surface area contributed by atoms with Gasteiger partial charge in [-0.1, -0.05) is 23.7 Å². The zero-order valence-corrected chi connectivity index (χ0v) is 11.1. The maximum absolute atomic E-state index is 12.1. The van der Waals surface area contributed by atoms with Gasteiger partial charge in [0.15, 0.2) is 0 Å². The van der Waals surface area contributed by atoms with Crippen LogP contribution in [-0.4, -0.2) is 13.0 Å². The summed E-state index contributed by atoms with van der Waals surface area (Å²) in [6.45, 7) is 0. The van der Waals surface area contributed by atoms with Crippen molar-refractivity contribution in [3.8, 4) is 5.75 Å². The van der Waals surface area contributed by atoms with Crippen molar-refractivity contribution in [1.82, 2.24) is 0 Å². The third-order valence-electron chi connectivity index (χ3n) is 2.63. The molecule has 0 bridgehead atoms. The lowest BCUT2D eigenvalue weighted by Crippen LogP contribution is -2.14. The van der Waals surface area contributed by atoms with E-state index in [0.717, 1.165) is 0 Å². The van der Waals surface area contributed by atoms with Crippen molar-refractivity contribution in [1.29, 1.82) is 0 Å². The standard InChI is InChI=1S/C14H13ClN2O2/c1-19-9-6-7-10(12(16)8-9)14(18)17-13-5-3-2-4-11(13)15/h2-8H,16H2,1H3,(H,17,18). The van der Waals surface area contributed by atoms with Crippen molar-refractivity contribution >= 4 is 28.9 Å². The number of carbonyl (C=O) groups excluding carboxylic acids is 1. The highest BCUT2D eigenvalue weighted by Gasteiger charge is 2.12. The van der Waals surface area contributed by atoms with Crippen LogP contribution in [0.2, 0.25) is 5.02 Å². The molecule has 2 aromatic carbocycles. The van der Waals surface area contributed by atoms with Gasteiger partial charge in [-0.3, -0.25) is 4.79 Å². The monoisotopic (exact) mass is 276 g/mol. The largest absolute Gasteiger partial charge is 0.497 e. The second kappa shape index (κ2) is 5.63. The van der Waals surface area contributed by atoms with Crippen LogP contribution in [0.3, 0.4) is 0 Å². The zero-order chi connectivity index (χ0) is 13.8. The molecule has 2 rings (SSSR count). The maximum atomic E-state index is 12.1. The van der Waals surface area contributed by atoms with Gasteiger partial charge in [-0.25, -0.2) is 0 Å². The van der Waals surface area contributed by atoms with E-state index in [0.29, 0.717) is 27.7 Å². The number of halogens is 1. The smallest absolute Gasteiger partial charge is 0.257 e. The summed E-state index contributed by atoms with van der Waals surface area (Å²) in [5.74, 6) is 0.292. The second-order valence-electron chi connectivity index (χ2n) is 3.89. The third kappa shape index (κ3) is 2.98. The number of methoxy groups -OCH3 is 1. The summed E-state index contributed by atoms with van der Waals surface area (Å²) in [4.78, 5) is 12.1. The summed E-state index contributed by atoms with van der Waals surface area (Å²) < 4.78 is 5.03. The van der Waals surface area contributed by atoms with Gasteiger partial charge >= 0.3 is 0 Å². The summed E-state index contributed by atoms with van der Waals surface area (Å²) in [7, 11) is 1.54. The number of anilines is 2. The highest BCUT2D eigenvalue weighted by atomic mass is 35.5. The van der Waals surface area contributed by atoms with Gasteiger partial charge in [0.1, 0.15) is 5.75 Å². The molecule has 5 heteroatoms. The van der Waals surface area contributed by atoms with E-state index in [-0.39, 0.29) is 5.91 Å². The minimum Gasteiger partial charge on any atom is -0.497 e. The average molecular weight is 277 g/mol. The Kier molecular flexibility index (Phi) is 3.92. The first-order valence-corrected chi connectivity index (χ1v) is 5.99. The van der Waals surface area contributed by atoms with E-state index in [1.807, 2.05) is 0 Å². The number of hydrogen-bond acceptors (Lipinski definition) is 3. The number of rotatable bonds is 3. The molecule has 0 aliphatic carbocycles. The fourth-order valence-electron chi connectivity index (χ4n) is 1.63. The van der Waals surface area contributed by atoms with Gasteiger partial charge in [0.05, 0.1) is 23.4 Å². The van der Waals surface area contributed by atoms with Crippen molar-refractivity contribution in [3.05, 3.63) is 53.1 Å². The molecule has 1 amide bonds. The number of nitrogens with one attached hydrogen (secondary N) is 1. The van der Waals surface area contributed by atoms with Gasteiger partial charge in [0.25, 0.3) is 5.91 Å². The number of amides is 1. The number of benzene rings is 2. The van der Waals surface area contributed by atoms with Gasteiger partial charge in [0, 0.05) is 11.8 Å². The summed E-state index contributed by atoms with van der Waals surface area (Å²) >= 11 is 5.98. The molecule has 19 heavy (non-hydrogen) atoms. The van der Waals surface area contributed by atoms with Crippen LogP contribution in [0, 0.1) is 0 Å². The molecular weight excluding hydrogens is 264 g/mol. The molecule has 0 saturated carbocycles. The Balaban J connectivity index is 2.23. The summed E-state index contributed by atoms with van der Waals surface area (Å²) in [5.41, 5.74) is 7.09. The fourth-order valence-corrected chi connectivity index (χ4v) is 1.81. The van der Waals surface area contributed by atoms with E-state index in [9.17, 15) is 4.79 Å². The Morgan fingerprint density at radius 3 is 2.63 bits per heavy atom. The molecule has 3 N–H and O–H groups in total. The Morgan fingerprint density at radius 1 is 1.26 bits per heavy atom. The number of carbonyl (C=O) groups is 1. The number of para-hydroxylation sites is 1. The van der Waals surface area contributed by atoms with E-state index in [1.165, 1.54) is 7.11 Å². The van der Waals surface area contributed by atoms with E-state index >= 15 is 0 Å². The van der Waals surface area contributed by atoms with Gasteiger partial charge in [0.2, 0.25) is 0 Å². The van der Waals surface area contributed by atoms with Gasteiger partial charge in [-0.2, -0.15) is 0 Å². The number of nitrogens with two attached hydrogens (primary N) is 1. The number of hydrogen-bond donors (Lipinski definition) is 2. The summed E-state index contributed by atoms with van der Waals surface area (Å²) in [6, 6.07) is 11.9. The molecule has 2 aromatic rings. The Labute approximate surface area is 116 Å². The van der Waals surface area contributed by atoms with Crippen LogP contribution >= 0.6 is 11.6 Å². The van der Waals surface area contributed by atoms with E-state index in [1.54, 1.807) is 42.5 Å². The first-order valence-electron chi connectivity index (χ1n) is 5.61. The van der Waals surface area contributed by atoms with Gasteiger partial charge < -0.3 is 15.8 Å².